The van der Waals surface area contributed by atoms with Crippen molar-refractivity contribution in [3.8, 4) is 17.2 Å². The Morgan fingerprint density at radius 3 is 2.69 bits per heavy atom. The number of nitriles is 1. The van der Waals surface area contributed by atoms with Gasteiger partial charge in [0.1, 0.15) is 34.5 Å². The first-order valence-corrected chi connectivity index (χ1v) is 11.3. The summed E-state index contributed by atoms with van der Waals surface area (Å²) in [7, 11) is 1.69. The van der Waals surface area contributed by atoms with E-state index in [4.69, 9.17) is 5.73 Å². The Morgan fingerprint density at radius 1 is 1.26 bits per heavy atom. The molecule has 0 amide bonds. The first-order chi connectivity index (χ1) is 16.6. The van der Waals surface area contributed by atoms with Crippen molar-refractivity contribution in [3.05, 3.63) is 47.3 Å². The van der Waals surface area contributed by atoms with Crippen molar-refractivity contribution in [1.82, 2.24) is 15.3 Å². The van der Waals surface area contributed by atoms with Crippen molar-refractivity contribution < 1.29 is 22.0 Å². The van der Waals surface area contributed by atoms with Gasteiger partial charge < -0.3 is 16.0 Å². The Labute approximate surface area is 199 Å². The molecule has 0 unspecified atom stereocenters. The predicted molar refractivity (Wildman–Crippen MR) is 124 cm³/mol. The minimum Gasteiger partial charge on any atom is -0.389 e. The highest BCUT2D eigenvalue weighted by Gasteiger charge is 2.38. The van der Waals surface area contributed by atoms with Crippen molar-refractivity contribution in [2.75, 3.05) is 30.8 Å². The molecule has 3 heterocycles. The molecule has 2 aromatic heterocycles. The van der Waals surface area contributed by atoms with Gasteiger partial charge in [0, 0.05) is 36.0 Å². The van der Waals surface area contributed by atoms with Crippen LogP contribution in [0.15, 0.2) is 24.5 Å². The first kappa shape index (κ1) is 23.2. The summed E-state index contributed by atoms with van der Waals surface area (Å²) >= 11 is 0.720. The lowest BCUT2D eigenvalue weighted by molar-refractivity contribution is -0.137. The average Bonchev–Trinajstić information content (AvgIpc) is 3.46. The molecule has 4 aromatic rings. The van der Waals surface area contributed by atoms with Gasteiger partial charge in [0.2, 0.25) is 0 Å². The number of alkyl halides is 3. The summed E-state index contributed by atoms with van der Waals surface area (Å²) in [6.45, 7) is 1.36. The number of aromatic nitrogens is 2. The summed E-state index contributed by atoms with van der Waals surface area (Å²) in [5.41, 5.74) is 2.93. The zero-order valence-electron chi connectivity index (χ0n) is 18.2. The van der Waals surface area contributed by atoms with Crippen LogP contribution in [0.25, 0.3) is 32.1 Å². The fourth-order valence-electron chi connectivity index (χ4n) is 4.57. The number of hydrogen-bond acceptors (Lipinski definition) is 7. The number of nitrogen functional groups attached to an aromatic ring is 1. The Bertz CT molecular complexity index is 1520. The van der Waals surface area contributed by atoms with Gasteiger partial charge in [0.25, 0.3) is 0 Å². The number of nitrogens with two attached hydrogens (primary N) is 1. The fourth-order valence-corrected chi connectivity index (χ4v) is 5.52. The molecule has 1 aliphatic rings. The van der Waals surface area contributed by atoms with Gasteiger partial charge in [-0.05, 0) is 30.7 Å². The highest BCUT2D eigenvalue weighted by Crippen LogP contribution is 2.47. The molecule has 6 nitrogen and oxygen atoms in total. The van der Waals surface area contributed by atoms with Crippen molar-refractivity contribution in [1.29, 1.82) is 5.26 Å². The van der Waals surface area contributed by atoms with Crippen molar-refractivity contribution in [2.45, 2.75) is 18.6 Å². The van der Waals surface area contributed by atoms with Crippen molar-refractivity contribution in [3.63, 3.8) is 0 Å². The number of hydrogen-bond donors (Lipinski definition) is 2. The normalized spacial score (nSPS) is 16.2. The maximum atomic E-state index is 16.0. The molecule has 5 rings (SSSR count). The van der Waals surface area contributed by atoms with Crippen molar-refractivity contribution >= 4 is 43.1 Å². The minimum atomic E-state index is -4.97. The maximum absolute atomic E-state index is 16.0. The molecule has 1 aliphatic heterocycles. The van der Waals surface area contributed by atoms with Gasteiger partial charge in [-0.25, -0.2) is 18.7 Å². The Balaban J connectivity index is 1.87. The molecule has 0 saturated carbocycles. The number of fused-ring (bicyclic) bond motifs is 2. The Kier molecular flexibility index (Phi) is 5.49. The molecular weight excluding hydrogens is 487 g/mol. The quantitative estimate of drug-likeness (QED) is 0.379. The van der Waals surface area contributed by atoms with Crippen LogP contribution in [0.5, 0.6) is 0 Å². The Hall–Kier alpha value is -3.56. The van der Waals surface area contributed by atoms with Crippen LogP contribution in [0.4, 0.5) is 32.8 Å². The van der Waals surface area contributed by atoms with Gasteiger partial charge in [-0.2, -0.15) is 18.4 Å². The number of rotatable bonds is 3. The van der Waals surface area contributed by atoms with Crippen LogP contribution in [0.3, 0.4) is 0 Å². The molecule has 1 fully saturated rings. The molecule has 180 valence electrons. The van der Waals surface area contributed by atoms with Crippen molar-refractivity contribution in [2.24, 2.45) is 0 Å². The van der Waals surface area contributed by atoms with Crippen LogP contribution < -0.4 is 16.0 Å². The number of anilines is 2. The smallest absolute Gasteiger partial charge is 0.389 e. The number of halogens is 5. The van der Waals surface area contributed by atoms with Gasteiger partial charge in [-0.1, -0.05) is 6.07 Å². The summed E-state index contributed by atoms with van der Waals surface area (Å²) in [5.74, 6) is -1.84. The van der Waals surface area contributed by atoms with E-state index in [1.165, 1.54) is 0 Å². The molecule has 35 heavy (non-hydrogen) atoms. The summed E-state index contributed by atoms with van der Waals surface area (Å²) in [4.78, 5) is 9.82. The molecular formula is C23H17F5N6S. The number of nitrogens with zero attached hydrogens (tertiary/aromatic N) is 4. The van der Waals surface area contributed by atoms with E-state index < -0.39 is 28.9 Å². The molecule has 0 spiro atoms. The number of nitrogens with one attached hydrogen (secondary N) is 1. The number of benzene rings is 2. The summed E-state index contributed by atoms with van der Waals surface area (Å²) in [6, 6.07) is 4.55. The van der Waals surface area contributed by atoms with Crippen LogP contribution in [-0.2, 0) is 6.18 Å². The van der Waals surface area contributed by atoms with E-state index in [0.29, 0.717) is 6.54 Å². The lowest BCUT2D eigenvalue weighted by Gasteiger charge is -2.26. The van der Waals surface area contributed by atoms with Gasteiger partial charge in [-0.3, -0.25) is 0 Å². The molecule has 1 saturated heterocycles. The second kappa shape index (κ2) is 8.28. The van der Waals surface area contributed by atoms with Gasteiger partial charge in [0.05, 0.1) is 15.8 Å². The van der Waals surface area contributed by atoms with E-state index in [1.54, 1.807) is 18.0 Å². The van der Waals surface area contributed by atoms with Gasteiger partial charge in [0.15, 0.2) is 5.82 Å². The minimum absolute atomic E-state index is 0.0335. The van der Waals surface area contributed by atoms with Crippen LogP contribution in [0.2, 0.25) is 0 Å². The highest BCUT2D eigenvalue weighted by atomic mass is 32.1. The lowest BCUT2D eigenvalue weighted by atomic mass is 9.92. The molecule has 2 aromatic carbocycles. The zero-order valence-corrected chi connectivity index (χ0v) is 19.0. The lowest BCUT2D eigenvalue weighted by Crippen LogP contribution is -2.34. The van der Waals surface area contributed by atoms with Crippen LogP contribution in [-0.4, -0.2) is 36.1 Å². The summed E-state index contributed by atoms with van der Waals surface area (Å²) in [6.07, 6.45) is -3.13. The topological polar surface area (TPSA) is 90.9 Å². The van der Waals surface area contributed by atoms with E-state index in [0.717, 1.165) is 48.8 Å². The monoisotopic (exact) mass is 504 g/mol. The summed E-state index contributed by atoms with van der Waals surface area (Å²) in [5, 5.41) is 12.4. The first-order valence-electron chi connectivity index (χ1n) is 10.5. The molecule has 3 N–H and O–H groups in total. The third-order valence-corrected chi connectivity index (χ3v) is 7.30. The highest BCUT2D eigenvalue weighted by molar-refractivity contribution is 7.23. The van der Waals surface area contributed by atoms with Gasteiger partial charge >= 0.3 is 6.18 Å². The van der Waals surface area contributed by atoms with E-state index in [-0.39, 0.29) is 49.0 Å². The van der Waals surface area contributed by atoms with Crippen LogP contribution in [0, 0.1) is 23.0 Å². The second-order valence-electron chi connectivity index (χ2n) is 8.21. The molecule has 0 radical (unpaired) electrons. The molecule has 0 aliphatic carbocycles. The summed E-state index contributed by atoms with van der Waals surface area (Å²) < 4.78 is 73.4. The SMILES string of the molecule is CN(c1ncnc2c(F)c(-c3ccc(F)c4sc(N)c(C#N)c34)c(C(F)(F)F)cc12)[C@@H]1CCNC1. The van der Waals surface area contributed by atoms with E-state index in [2.05, 4.69) is 15.3 Å². The largest absolute Gasteiger partial charge is 0.417 e. The van der Waals surface area contributed by atoms with Gasteiger partial charge in [-0.15, -0.1) is 11.3 Å². The van der Waals surface area contributed by atoms with E-state index in [1.807, 2.05) is 0 Å². The molecule has 1 atom stereocenters. The number of likely N-dealkylation sites (N-methyl/N-ethyl adjacent to an activating group) is 1. The predicted octanol–water partition coefficient (Wildman–Crippen LogP) is 5.06. The Morgan fingerprint density at radius 2 is 2.03 bits per heavy atom. The maximum Gasteiger partial charge on any atom is 0.417 e. The molecule has 12 heteroatoms. The van der Waals surface area contributed by atoms with E-state index >= 15 is 4.39 Å². The fraction of sp³-hybridized carbons (Fsp3) is 0.261. The van der Waals surface area contributed by atoms with Crippen LogP contribution >= 0.6 is 11.3 Å². The van der Waals surface area contributed by atoms with E-state index in [9.17, 15) is 22.8 Å². The third-order valence-electron chi connectivity index (χ3n) is 6.27. The number of thiophene rings is 1. The average molecular weight is 504 g/mol. The standard InChI is InChI=1S/C23H17F5N6S/c1-34(10-4-5-31-8-10)22-12-6-14(23(26,27)28)17(18(25)19(12)32-9-33-22)11-2-3-15(24)20-16(11)13(7-29)21(30)35-20/h2-3,6,9-10,31H,4-5,8,30H2,1H3/t10-/m1/s1. The second-order valence-corrected chi connectivity index (χ2v) is 9.27. The zero-order chi connectivity index (χ0) is 25.1. The third kappa shape index (κ3) is 3.62. The van der Waals surface area contributed by atoms with Crippen LogP contribution in [0.1, 0.15) is 17.5 Å². The molecule has 0 bridgehead atoms.